The molecular weight excluding hydrogens is 302 g/mol. The average Bonchev–Trinajstić information content (AvgIpc) is 2.81. The van der Waals surface area contributed by atoms with Crippen molar-refractivity contribution in [1.82, 2.24) is 9.88 Å². The Kier molecular flexibility index (Phi) is 5.47. The largest absolute Gasteiger partial charge is 0.375 e. The molecule has 0 bridgehead atoms. The van der Waals surface area contributed by atoms with Crippen LogP contribution >= 0.6 is 11.3 Å². The molecule has 1 aliphatic heterocycles. The van der Waals surface area contributed by atoms with Crippen LogP contribution < -0.4 is 5.73 Å². The maximum atomic E-state index is 5.83. The number of nitrogen functional groups attached to an aromatic ring is 1. The molecule has 3 rings (SSSR count). The molecule has 2 aromatic rings. The van der Waals surface area contributed by atoms with E-state index in [1.165, 1.54) is 34.5 Å². The van der Waals surface area contributed by atoms with Gasteiger partial charge in [-0.2, -0.15) is 0 Å². The lowest BCUT2D eigenvalue weighted by atomic mass is 10.1. The van der Waals surface area contributed by atoms with Crippen LogP contribution in [-0.4, -0.2) is 29.5 Å². The van der Waals surface area contributed by atoms with Gasteiger partial charge in [-0.15, -0.1) is 11.3 Å². The maximum Gasteiger partial charge on any atom is 0.180 e. The van der Waals surface area contributed by atoms with Crippen molar-refractivity contribution in [2.24, 2.45) is 0 Å². The van der Waals surface area contributed by atoms with Crippen LogP contribution in [0.5, 0.6) is 0 Å². The number of rotatable bonds is 5. The maximum absolute atomic E-state index is 5.83. The van der Waals surface area contributed by atoms with Crippen molar-refractivity contribution in [1.29, 1.82) is 0 Å². The van der Waals surface area contributed by atoms with Crippen LogP contribution in [0.15, 0.2) is 35.9 Å². The Bertz CT molecular complexity index is 635. The van der Waals surface area contributed by atoms with Crippen LogP contribution in [0.3, 0.4) is 0 Å². The van der Waals surface area contributed by atoms with E-state index in [1.807, 2.05) is 0 Å². The summed E-state index contributed by atoms with van der Waals surface area (Å²) in [6.07, 6.45) is 6.82. The predicted octanol–water partition coefficient (Wildman–Crippen LogP) is 4.01. The van der Waals surface area contributed by atoms with Gasteiger partial charge in [0.2, 0.25) is 0 Å². The van der Waals surface area contributed by atoms with Gasteiger partial charge in [0.1, 0.15) is 0 Å². The van der Waals surface area contributed by atoms with E-state index in [9.17, 15) is 0 Å². The Hall–Kier alpha value is -1.65. The number of hydrogen-bond acceptors (Lipinski definition) is 4. The van der Waals surface area contributed by atoms with E-state index >= 15 is 0 Å². The van der Waals surface area contributed by atoms with Crippen molar-refractivity contribution in [2.75, 3.05) is 25.4 Å². The number of hydrogen-bond donors (Lipinski definition) is 1. The molecule has 4 heteroatoms. The first kappa shape index (κ1) is 16.2. The van der Waals surface area contributed by atoms with Gasteiger partial charge in [-0.25, -0.2) is 4.98 Å². The highest BCUT2D eigenvalue weighted by Gasteiger charge is 2.18. The molecule has 2 N–H and O–H groups in total. The minimum absolute atomic E-state index is 0.721. The zero-order chi connectivity index (χ0) is 16.1. The van der Waals surface area contributed by atoms with Crippen LogP contribution in [0.2, 0.25) is 0 Å². The third-order valence-corrected chi connectivity index (χ3v) is 5.27. The van der Waals surface area contributed by atoms with E-state index in [4.69, 9.17) is 5.73 Å². The van der Waals surface area contributed by atoms with Crippen LogP contribution in [0.1, 0.15) is 35.9 Å². The standard InChI is InChI=1S/C19H25N3S/c1-2-6-16(13-15-7-4-3-5-8-15)14-22-11-9-17-18(10-12-22)23-19(20)21-17/h3-5,7-8,13H,2,6,9-12,14H2,1H3,(H2,20,21)/b16-13+. The van der Waals surface area contributed by atoms with E-state index in [2.05, 4.69) is 53.2 Å². The zero-order valence-corrected chi connectivity index (χ0v) is 14.6. The summed E-state index contributed by atoms with van der Waals surface area (Å²) in [4.78, 5) is 8.43. The number of benzene rings is 1. The number of anilines is 1. The van der Waals surface area contributed by atoms with Gasteiger partial charge in [-0.05, 0) is 18.4 Å². The van der Waals surface area contributed by atoms with Crippen LogP contribution in [0, 0.1) is 0 Å². The van der Waals surface area contributed by atoms with Gasteiger partial charge in [0.05, 0.1) is 5.69 Å². The van der Waals surface area contributed by atoms with E-state index in [0.29, 0.717) is 0 Å². The minimum atomic E-state index is 0.721. The molecule has 0 unspecified atom stereocenters. The van der Waals surface area contributed by atoms with Crippen molar-refractivity contribution in [3.63, 3.8) is 0 Å². The molecule has 0 atom stereocenters. The summed E-state index contributed by atoms with van der Waals surface area (Å²) >= 11 is 1.66. The molecule has 1 aromatic carbocycles. The second-order valence-corrected chi connectivity index (χ2v) is 7.28. The minimum Gasteiger partial charge on any atom is -0.375 e. The van der Waals surface area contributed by atoms with Gasteiger partial charge in [0.15, 0.2) is 5.13 Å². The molecule has 0 fully saturated rings. The quantitative estimate of drug-likeness (QED) is 0.902. The van der Waals surface area contributed by atoms with Crippen LogP contribution in [-0.2, 0) is 12.8 Å². The molecule has 3 nitrogen and oxygen atoms in total. The molecule has 0 saturated heterocycles. The van der Waals surface area contributed by atoms with Gasteiger partial charge in [0, 0.05) is 30.9 Å². The fraction of sp³-hybridized carbons (Fsp3) is 0.421. The molecule has 0 radical (unpaired) electrons. The highest BCUT2D eigenvalue weighted by atomic mass is 32.1. The summed E-state index contributed by atoms with van der Waals surface area (Å²) in [7, 11) is 0. The molecule has 0 aliphatic carbocycles. The number of thiazole rings is 1. The lowest BCUT2D eigenvalue weighted by molar-refractivity contribution is 0.309. The van der Waals surface area contributed by atoms with Crippen molar-refractivity contribution in [3.05, 3.63) is 52.0 Å². The fourth-order valence-corrected chi connectivity index (χ4v) is 4.04. The van der Waals surface area contributed by atoms with Crippen LogP contribution in [0.4, 0.5) is 5.13 Å². The monoisotopic (exact) mass is 327 g/mol. The van der Waals surface area contributed by atoms with Crippen molar-refractivity contribution in [2.45, 2.75) is 32.6 Å². The van der Waals surface area contributed by atoms with E-state index in [0.717, 1.165) is 37.6 Å². The molecule has 0 saturated carbocycles. The lowest BCUT2D eigenvalue weighted by Crippen LogP contribution is -2.28. The first-order valence-electron chi connectivity index (χ1n) is 8.45. The molecule has 2 heterocycles. The SMILES string of the molecule is CCC/C(=C\c1ccccc1)CN1CCc2nc(N)sc2CC1. The first-order chi connectivity index (χ1) is 11.2. The summed E-state index contributed by atoms with van der Waals surface area (Å²) in [5, 5.41) is 0.721. The zero-order valence-electron chi connectivity index (χ0n) is 13.8. The number of nitrogens with two attached hydrogens (primary N) is 1. The third-order valence-electron chi connectivity index (χ3n) is 4.28. The molecule has 0 amide bonds. The molecule has 0 spiro atoms. The van der Waals surface area contributed by atoms with E-state index < -0.39 is 0 Å². The van der Waals surface area contributed by atoms with Crippen molar-refractivity contribution < 1.29 is 0 Å². The van der Waals surface area contributed by atoms with E-state index in [-0.39, 0.29) is 0 Å². The molecular formula is C19H25N3S. The number of aromatic nitrogens is 1. The lowest BCUT2D eigenvalue weighted by Gasteiger charge is -2.21. The average molecular weight is 327 g/mol. The molecule has 1 aromatic heterocycles. The smallest absolute Gasteiger partial charge is 0.180 e. The highest BCUT2D eigenvalue weighted by molar-refractivity contribution is 7.15. The summed E-state index contributed by atoms with van der Waals surface area (Å²) in [5.41, 5.74) is 9.89. The first-order valence-corrected chi connectivity index (χ1v) is 9.27. The highest BCUT2D eigenvalue weighted by Crippen LogP contribution is 2.25. The van der Waals surface area contributed by atoms with Crippen LogP contribution in [0.25, 0.3) is 6.08 Å². The summed E-state index contributed by atoms with van der Waals surface area (Å²) in [6, 6.07) is 10.7. The third kappa shape index (κ3) is 4.43. The van der Waals surface area contributed by atoms with Gasteiger partial charge in [-0.3, -0.25) is 4.90 Å². The van der Waals surface area contributed by atoms with E-state index in [1.54, 1.807) is 11.3 Å². The predicted molar refractivity (Wildman–Crippen MR) is 99.7 cm³/mol. The van der Waals surface area contributed by atoms with Crippen molar-refractivity contribution in [3.8, 4) is 0 Å². The van der Waals surface area contributed by atoms with Gasteiger partial charge < -0.3 is 5.73 Å². The Balaban J connectivity index is 1.67. The fourth-order valence-electron chi connectivity index (χ4n) is 3.18. The Morgan fingerprint density at radius 2 is 2.04 bits per heavy atom. The Labute approximate surface area is 142 Å². The molecule has 1 aliphatic rings. The van der Waals surface area contributed by atoms with Gasteiger partial charge >= 0.3 is 0 Å². The Morgan fingerprint density at radius 3 is 2.83 bits per heavy atom. The summed E-state index contributed by atoms with van der Waals surface area (Å²) in [6.45, 7) is 5.50. The van der Waals surface area contributed by atoms with Crippen molar-refractivity contribution >= 4 is 22.5 Å². The van der Waals surface area contributed by atoms with Gasteiger partial charge in [-0.1, -0.05) is 55.3 Å². The topological polar surface area (TPSA) is 42.2 Å². The number of nitrogens with zero attached hydrogens (tertiary/aromatic N) is 2. The number of fused-ring (bicyclic) bond motifs is 1. The molecule has 23 heavy (non-hydrogen) atoms. The summed E-state index contributed by atoms with van der Waals surface area (Å²) in [5.74, 6) is 0. The molecule has 122 valence electrons. The second kappa shape index (κ2) is 7.75. The van der Waals surface area contributed by atoms with Gasteiger partial charge in [0.25, 0.3) is 0 Å². The normalized spacial score (nSPS) is 16.1. The Morgan fingerprint density at radius 1 is 1.26 bits per heavy atom. The second-order valence-electron chi connectivity index (χ2n) is 6.16. The summed E-state index contributed by atoms with van der Waals surface area (Å²) < 4.78 is 0.